The molecule has 14 fully saturated rings. The molecule has 7 saturated carbocycles. The lowest BCUT2D eigenvalue weighted by Crippen LogP contribution is -2.39. The van der Waals surface area contributed by atoms with E-state index >= 15 is 0 Å². The second-order valence-corrected chi connectivity index (χ2v) is 17.9. The van der Waals surface area contributed by atoms with Crippen LogP contribution in [0.2, 0.25) is 0 Å². The highest BCUT2D eigenvalue weighted by atomic mass is 16.6. The van der Waals surface area contributed by atoms with Crippen molar-refractivity contribution < 1.29 is 47.7 Å². The maximum Gasteiger partial charge on any atom is 0.312 e. The van der Waals surface area contributed by atoms with Gasteiger partial charge in [0.25, 0.3) is 0 Å². The molecular weight excluding hydrogens is 797 g/mol. The summed E-state index contributed by atoms with van der Waals surface area (Å²) in [6.45, 7) is 26.1. The molecule has 14 aliphatic rings. The van der Waals surface area contributed by atoms with E-state index in [1.54, 1.807) is 0 Å². The van der Waals surface area contributed by atoms with Gasteiger partial charge < -0.3 is 23.7 Å². The molecule has 10 heteroatoms. The number of hydrogen-bond donors (Lipinski definition) is 0. The Morgan fingerprint density at radius 1 is 0.429 bits per heavy atom. The minimum absolute atomic E-state index is 0.0295. The molecule has 1 spiro atoms. The number of carbonyl (C=O) groups excluding carboxylic acids is 5. The molecule has 10 atom stereocenters. The topological polar surface area (TPSA) is 132 Å². The highest BCUT2D eigenvalue weighted by molar-refractivity contribution is 5.79. The Hall–Kier alpha value is -2.65. The Kier molecular flexibility index (Phi) is 26.7. The van der Waals surface area contributed by atoms with Gasteiger partial charge in [0.2, 0.25) is 0 Å². The molecule has 0 radical (unpaired) electrons. The summed E-state index contributed by atoms with van der Waals surface area (Å²) >= 11 is 0. The van der Waals surface area contributed by atoms with Crippen molar-refractivity contribution in [1.29, 1.82) is 0 Å². The van der Waals surface area contributed by atoms with Crippen molar-refractivity contribution in [3.8, 4) is 0 Å². The van der Waals surface area contributed by atoms with Crippen LogP contribution < -0.4 is 0 Å². The molecule has 0 aromatic rings. The molecule has 0 amide bonds. The average Bonchev–Trinajstić information content (AvgIpc) is 4.26. The van der Waals surface area contributed by atoms with Gasteiger partial charge in [-0.25, -0.2) is 0 Å². The first-order chi connectivity index (χ1) is 30.8. The molecule has 0 aromatic heterocycles. The second-order valence-electron chi connectivity index (χ2n) is 17.9. The van der Waals surface area contributed by atoms with Crippen molar-refractivity contribution >= 4 is 29.8 Å². The number of carbonyl (C=O) groups is 5. The van der Waals surface area contributed by atoms with E-state index in [-0.39, 0.29) is 53.2 Å². The van der Waals surface area contributed by atoms with Crippen LogP contribution in [-0.2, 0) is 47.7 Å². The fourth-order valence-corrected chi connectivity index (χ4v) is 12.2. The maximum absolute atomic E-state index is 11.3. The largest absolute Gasteiger partial charge is 0.465 e. The second kappa shape index (κ2) is 29.8. The fraction of sp³-hybridized carbons (Fsp3) is 0.906. The van der Waals surface area contributed by atoms with Gasteiger partial charge in [-0.1, -0.05) is 115 Å². The van der Waals surface area contributed by atoms with Crippen LogP contribution in [0.1, 0.15) is 212 Å². The van der Waals surface area contributed by atoms with E-state index in [4.69, 9.17) is 23.7 Å². The molecule has 0 N–H and O–H groups in total. The lowest BCUT2D eigenvalue weighted by Gasteiger charge is -2.34. The van der Waals surface area contributed by atoms with Crippen LogP contribution in [0, 0.1) is 64.6 Å². The summed E-state index contributed by atoms with van der Waals surface area (Å²) in [7, 11) is 0. The van der Waals surface area contributed by atoms with E-state index in [0.717, 1.165) is 76.2 Å². The monoisotopic (exact) mass is 891 g/mol. The minimum Gasteiger partial charge on any atom is -0.465 e. The van der Waals surface area contributed by atoms with Gasteiger partial charge in [-0.3, -0.25) is 24.0 Å². The van der Waals surface area contributed by atoms with Crippen LogP contribution in [0.4, 0.5) is 0 Å². The van der Waals surface area contributed by atoms with Crippen molar-refractivity contribution in [1.82, 2.24) is 0 Å². The lowest BCUT2D eigenvalue weighted by molar-refractivity contribution is -0.170. The number of hydrogen-bond acceptors (Lipinski definition) is 10. The summed E-state index contributed by atoms with van der Waals surface area (Å²) in [5.41, 5.74) is -0.0295. The molecule has 8 bridgehead atoms. The summed E-state index contributed by atoms with van der Waals surface area (Å²) < 4.78 is 25.3. The van der Waals surface area contributed by atoms with Crippen molar-refractivity contribution in [2.75, 3.05) is 19.8 Å². The summed E-state index contributed by atoms with van der Waals surface area (Å²) in [5.74, 6) is 5.69. The SMILES string of the molecule is CC.CC.CC.CC.CC.CC.O=C1OC2CC3CC2CC13.O=C1OC2CCC1CC2.O=C1OCC2C3CCC(C3)C12.O=C1OCC2CCCCC12.O=C1OCCC12CCCCC2. The zero-order chi connectivity index (χ0) is 47.1. The highest BCUT2D eigenvalue weighted by Gasteiger charge is 2.56. The third kappa shape index (κ3) is 14.4. The fourth-order valence-electron chi connectivity index (χ4n) is 12.2. The molecule has 366 valence electrons. The first-order valence-electron chi connectivity index (χ1n) is 26.7. The van der Waals surface area contributed by atoms with Crippen molar-refractivity contribution in [2.24, 2.45) is 64.6 Å². The molecule has 7 saturated heterocycles. The van der Waals surface area contributed by atoms with Crippen molar-refractivity contribution in [3.05, 3.63) is 0 Å². The molecule has 10 nitrogen and oxygen atoms in total. The first kappa shape index (κ1) is 56.5. The number of cyclic esters (lactones) is 3. The van der Waals surface area contributed by atoms with Gasteiger partial charge in [0.1, 0.15) is 12.2 Å². The Bertz CT molecular complexity index is 1330. The van der Waals surface area contributed by atoms with Crippen LogP contribution in [0.15, 0.2) is 0 Å². The predicted molar refractivity (Wildman–Crippen MR) is 250 cm³/mol. The van der Waals surface area contributed by atoms with Crippen LogP contribution >= 0.6 is 0 Å². The van der Waals surface area contributed by atoms with Crippen LogP contribution in [0.5, 0.6) is 0 Å². The third-order valence-corrected chi connectivity index (χ3v) is 15.1. The lowest BCUT2D eigenvalue weighted by atomic mass is 9.73. The standard InChI is InChI=1S/C9H12O2.C9H14O2.C8H10O2.C8H12O2.C7H10O2.6C2H6/c10-9-8-6-2-1-5(3-6)7(8)4-11-9;10-8-9(6-7-11-8)4-2-1-3-5-9;9-8-6-2-5-1-4(6)3-7(5)10-8;9-8-7-4-2-1-3-6(7)5-10-8;8-7-5-1-3-6(9-7)4-2-5;6*1-2/h5-8H,1-4H2;1-7H2;4-7H,1-3H2;6-7H,1-5H2;5-6H,1-4H2;6*1-2H3. The van der Waals surface area contributed by atoms with Gasteiger partial charge in [-0.05, 0) is 120 Å². The Labute approximate surface area is 384 Å². The molecular formula is C53H94O10. The predicted octanol–water partition coefficient (Wildman–Crippen LogP) is 12.7. The van der Waals surface area contributed by atoms with E-state index in [2.05, 4.69) is 0 Å². The molecule has 63 heavy (non-hydrogen) atoms. The summed E-state index contributed by atoms with van der Waals surface area (Å²) in [5, 5.41) is 0. The Morgan fingerprint density at radius 3 is 1.51 bits per heavy atom. The van der Waals surface area contributed by atoms with Crippen LogP contribution in [0.25, 0.3) is 0 Å². The van der Waals surface area contributed by atoms with E-state index in [9.17, 15) is 24.0 Å². The maximum atomic E-state index is 11.3. The van der Waals surface area contributed by atoms with Gasteiger partial charge >= 0.3 is 29.8 Å². The molecule has 0 aromatic carbocycles. The van der Waals surface area contributed by atoms with Gasteiger partial charge in [-0.15, -0.1) is 0 Å². The summed E-state index contributed by atoms with van der Waals surface area (Å²) in [4.78, 5) is 55.4. The highest BCUT2D eigenvalue weighted by Crippen LogP contribution is 2.55. The third-order valence-electron chi connectivity index (χ3n) is 15.1. The number of esters is 5. The Morgan fingerprint density at radius 2 is 1.03 bits per heavy atom. The van der Waals surface area contributed by atoms with E-state index in [0.29, 0.717) is 54.8 Å². The van der Waals surface area contributed by atoms with Gasteiger partial charge in [0.05, 0.1) is 48.9 Å². The van der Waals surface area contributed by atoms with Crippen molar-refractivity contribution in [3.63, 3.8) is 0 Å². The van der Waals surface area contributed by atoms with E-state index in [1.165, 1.54) is 70.6 Å². The van der Waals surface area contributed by atoms with Gasteiger partial charge in [0.15, 0.2) is 0 Å². The quantitative estimate of drug-likeness (QED) is 0.171. The first-order valence-corrected chi connectivity index (χ1v) is 26.7. The van der Waals surface area contributed by atoms with Crippen LogP contribution in [-0.4, -0.2) is 61.9 Å². The molecule has 14 rings (SSSR count). The van der Waals surface area contributed by atoms with Gasteiger partial charge in [0, 0.05) is 11.8 Å². The zero-order valence-corrected chi connectivity index (χ0v) is 42.3. The minimum atomic E-state index is -0.0295. The van der Waals surface area contributed by atoms with Crippen LogP contribution in [0.3, 0.4) is 0 Å². The average molecular weight is 891 g/mol. The molecule has 10 unspecified atom stereocenters. The molecule has 7 aliphatic carbocycles. The molecule has 7 heterocycles. The summed E-state index contributed by atoms with van der Waals surface area (Å²) in [6, 6.07) is 0. The van der Waals surface area contributed by atoms with Gasteiger partial charge in [-0.2, -0.15) is 0 Å². The number of fused-ring (bicyclic) bond motifs is 10. The summed E-state index contributed by atoms with van der Waals surface area (Å²) in [6.07, 6.45) is 24.1. The smallest absolute Gasteiger partial charge is 0.312 e. The van der Waals surface area contributed by atoms with E-state index < -0.39 is 0 Å². The normalized spacial score (nSPS) is 35.7. The number of ether oxygens (including phenoxy) is 5. The Balaban J connectivity index is 0.000000256. The van der Waals surface area contributed by atoms with E-state index in [1.807, 2.05) is 83.1 Å². The van der Waals surface area contributed by atoms with Crippen molar-refractivity contribution in [2.45, 2.75) is 224 Å². The zero-order valence-electron chi connectivity index (χ0n) is 42.3. The molecule has 7 aliphatic heterocycles. The number of rotatable bonds is 0.